The van der Waals surface area contributed by atoms with Crippen LogP contribution in [0, 0.1) is 12.7 Å². The molecule has 20 heavy (non-hydrogen) atoms. The van der Waals surface area contributed by atoms with Crippen molar-refractivity contribution in [3.05, 3.63) is 53.6 Å². The van der Waals surface area contributed by atoms with E-state index in [0.29, 0.717) is 0 Å². The largest absolute Gasteiger partial charge is 0.480 e. The molecule has 1 aromatic carbocycles. The van der Waals surface area contributed by atoms with Crippen LogP contribution in [0.2, 0.25) is 0 Å². The van der Waals surface area contributed by atoms with E-state index in [4.69, 9.17) is 5.11 Å². The molecule has 0 aliphatic heterocycles. The molecule has 0 spiro atoms. The quantitative estimate of drug-likeness (QED) is 0.899. The lowest BCUT2D eigenvalue weighted by atomic mass is 10.2. The van der Waals surface area contributed by atoms with Crippen LogP contribution < -0.4 is 5.32 Å². The lowest BCUT2D eigenvalue weighted by molar-refractivity contribution is -0.137. The fourth-order valence-corrected chi connectivity index (χ4v) is 1.83. The number of carboxylic acid groups (broad SMARTS) is 1. The predicted octanol–water partition coefficient (Wildman–Crippen LogP) is 2.27. The van der Waals surface area contributed by atoms with Gasteiger partial charge in [-0.1, -0.05) is 6.07 Å². The SMILES string of the molecule is Cc1ccc(F)c(NC(=O)c2cccn2CC(=O)O)c1. The van der Waals surface area contributed by atoms with Gasteiger partial charge in [-0.05, 0) is 36.8 Å². The molecule has 0 radical (unpaired) electrons. The molecule has 104 valence electrons. The van der Waals surface area contributed by atoms with E-state index in [-0.39, 0.29) is 17.9 Å². The summed E-state index contributed by atoms with van der Waals surface area (Å²) in [5, 5.41) is 11.2. The Morgan fingerprint density at radius 1 is 1.35 bits per heavy atom. The summed E-state index contributed by atoms with van der Waals surface area (Å²) in [4.78, 5) is 22.7. The summed E-state index contributed by atoms with van der Waals surface area (Å²) in [7, 11) is 0. The van der Waals surface area contributed by atoms with Gasteiger partial charge in [0.2, 0.25) is 0 Å². The summed E-state index contributed by atoms with van der Waals surface area (Å²) < 4.78 is 14.8. The standard InChI is InChI=1S/C14H13FN2O3/c1-9-4-5-10(15)11(7-9)16-14(20)12-3-2-6-17(12)8-13(18)19/h2-7H,8H2,1H3,(H,16,20)(H,18,19). The minimum absolute atomic E-state index is 0.0677. The number of benzene rings is 1. The molecule has 0 aliphatic rings. The van der Waals surface area contributed by atoms with Crippen LogP contribution >= 0.6 is 0 Å². The molecule has 2 aromatic rings. The van der Waals surface area contributed by atoms with Gasteiger partial charge in [0.25, 0.3) is 5.91 Å². The van der Waals surface area contributed by atoms with Crippen molar-refractivity contribution in [3.63, 3.8) is 0 Å². The number of rotatable bonds is 4. The monoisotopic (exact) mass is 276 g/mol. The van der Waals surface area contributed by atoms with Crippen LogP contribution in [0.3, 0.4) is 0 Å². The smallest absolute Gasteiger partial charge is 0.323 e. The average Bonchev–Trinajstić information content (AvgIpc) is 2.81. The zero-order valence-corrected chi connectivity index (χ0v) is 10.8. The second kappa shape index (κ2) is 5.56. The van der Waals surface area contributed by atoms with Crippen LogP contribution in [0.4, 0.5) is 10.1 Å². The van der Waals surface area contributed by atoms with E-state index in [1.807, 2.05) is 0 Å². The Morgan fingerprint density at radius 2 is 2.10 bits per heavy atom. The van der Waals surface area contributed by atoms with Crippen LogP contribution in [-0.4, -0.2) is 21.6 Å². The number of hydrogen-bond acceptors (Lipinski definition) is 2. The highest BCUT2D eigenvalue weighted by Crippen LogP contribution is 2.17. The molecule has 2 N–H and O–H groups in total. The third kappa shape index (κ3) is 3.03. The zero-order chi connectivity index (χ0) is 14.7. The number of amides is 1. The second-order valence-electron chi connectivity index (χ2n) is 4.35. The molecular formula is C14H13FN2O3. The number of aliphatic carboxylic acids is 1. The summed E-state index contributed by atoms with van der Waals surface area (Å²) in [5.74, 6) is -2.15. The van der Waals surface area contributed by atoms with Crippen molar-refractivity contribution in [2.75, 3.05) is 5.32 Å². The van der Waals surface area contributed by atoms with Crippen LogP contribution in [0.5, 0.6) is 0 Å². The molecule has 0 saturated heterocycles. The van der Waals surface area contributed by atoms with E-state index in [1.54, 1.807) is 19.1 Å². The van der Waals surface area contributed by atoms with Crippen molar-refractivity contribution >= 4 is 17.6 Å². The van der Waals surface area contributed by atoms with Crippen LogP contribution in [-0.2, 0) is 11.3 Å². The minimum Gasteiger partial charge on any atom is -0.480 e. The predicted molar refractivity (Wildman–Crippen MR) is 71.2 cm³/mol. The molecule has 0 fully saturated rings. The topological polar surface area (TPSA) is 71.3 Å². The van der Waals surface area contributed by atoms with Crippen LogP contribution in [0.15, 0.2) is 36.5 Å². The molecule has 0 atom stereocenters. The highest BCUT2D eigenvalue weighted by atomic mass is 19.1. The lowest BCUT2D eigenvalue weighted by Crippen LogP contribution is -2.20. The molecule has 1 amide bonds. The highest BCUT2D eigenvalue weighted by molar-refractivity contribution is 6.03. The van der Waals surface area contributed by atoms with Gasteiger partial charge < -0.3 is 15.0 Å². The number of carbonyl (C=O) groups excluding carboxylic acids is 1. The summed E-state index contributed by atoms with van der Waals surface area (Å²) in [6.07, 6.45) is 1.48. The van der Waals surface area contributed by atoms with Gasteiger partial charge >= 0.3 is 5.97 Å². The van der Waals surface area contributed by atoms with Gasteiger partial charge in [0, 0.05) is 6.20 Å². The maximum atomic E-state index is 13.6. The summed E-state index contributed by atoms with van der Waals surface area (Å²) in [6, 6.07) is 7.41. The van der Waals surface area contributed by atoms with E-state index < -0.39 is 17.7 Å². The Bertz CT molecular complexity index is 664. The lowest BCUT2D eigenvalue weighted by Gasteiger charge is -2.09. The third-order valence-corrected chi connectivity index (χ3v) is 2.74. The third-order valence-electron chi connectivity index (χ3n) is 2.74. The molecule has 0 unspecified atom stereocenters. The summed E-state index contributed by atoms with van der Waals surface area (Å²) in [5.41, 5.74) is 1.04. The van der Waals surface area contributed by atoms with E-state index in [1.165, 1.54) is 29.0 Å². The molecule has 5 nitrogen and oxygen atoms in total. The molecule has 1 heterocycles. The number of aromatic nitrogens is 1. The van der Waals surface area contributed by atoms with Crippen LogP contribution in [0.1, 0.15) is 16.1 Å². The maximum absolute atomic E-state index is 13.6. The van der Waals surface area contributed by atoms with E-state index >= 15 is 0 Å². The van der Waals surface area contributed by atoms with Gasteiger partial charge in [-0.15, -0.1) is 0 Å². The van der Waals surface area contributed by atoms with Gasteiger partial charge in [0.15, 0.2) is 0 Å². The summed E-state index contributed by atoms with van der Waals surface area (Å²) in [6.45, 7) is 1.45. The number of halogens is 1. The Balaban J connectivity index is 2.22. The molecule has 6 heteroatoms. The second-order valence-corrected chi connectivity index (χ2v) is 4.35. The maximum Gasteiger partial charge on any atom is 0.323 e. The molecule has 0 bridgehead atoms. The first-order chi connectivity index (χ1) is 9.47. The van der Waals surface area contributed by atoms with Gasteiger partial charge in [-0.25, -0.2) is 4.39 Å². The molecule has 0 saturated carbocycles. The fraction of sp³-hybridized carbons (Fsp3) is 0.143. The number of carbonyl (C=O) groups is 2. The Morgan fingerprint density at radius 3 is 2.80 bits per heavy atom. The Labute approximate surface area is 114 Å². The normalized spacial score (nSPS) is 10.3. The van der Waals surface area contributed by atoms with Crippen molar-refractivity contribution in [2.45, 2.75) is 13.5 Å². The van der Waals surface area contributed by atoms with Crippen LogP contribution in [0.25, 0.3) is 0 Å². The highest BCUT2D eigenvalue weighted by Gasteiger charge is 2.14. The fourth-order valence-electron chi connectivity index (χ4n) is 1.83. The van der Waals surface area contributed by atoms with Crippen molar-refractivity contribution in [2.24, 2.45) is 0 Å². The zero-order valence-electron chi connectivity index (χ0n) is 10.8. The van der Waals surface area contributed by atoms with Crippen molar-refractivity contribution < 1.29 is 19.1 Å². The van der Waals surface area contributed by atoms with Crippen molar-refractivity contribution in [3.8, 4) is 0 Å². The van der Waals surface area contributed by atoms with Crippen molar-refractivity contribution in [1.82, 2.24) is 4.57 Å². The van der Waals surface area contributed by atoms with E-state index in [2.05, 4.69) is 5.32 Å². The van der Waals surface area contributed by atoms with E-state index in [0.717, 1.165) is 5.56 Å². The minimum atomic E-state index is -1.06. The van der Waals surface area contributed by atoms with Gasteiger partial charge in [-0.3, -0.25) is 9.59 Å². The first-order valence-electron chi connectivity index (χ1n) is 5.92. The first-order valence-corrected chi connectivity index (χ1v) is 5.92. The number of aryl methyl sites for hydroxylation is 1. The molecule has 0 aliphatic carbocycles. The summed E-state index contributed by atoms with van der Waals surface area (Å²) >= 11 is 0. The van der Waals surface area contributed by atoms with E-state index in [9.17, 15) is 14.0 Å². The number of hydrogen-bond donors (Lipinski definition) is 2. The average molecular weight is 276 g/mol. The van der Waals surface area contributed by atoms with Crippen molar-refractivity contribution in [1.29, 1.82) is 0 Å². The van der Waals surface area contributed by atoms with Gasteiger partial charge in [0.05, 0.1) is 5.69 Å². The van der Waals surface area contributed by atoms with Gasteiger partial charge in [0.1, 0.15) is 18.1 Å². The number of nitrogens with zero attached hydrogens (tertiary/aromatic N) is 1. The molecule has 2 rings (SSSR count). The number of carboxylic acids is 1. The Kier molecular flexibility index (Phi) is 3.84. The van der Waals surface area contributed by atoms with Gasteiger partial charge in [-0.2, -0.15) is 0 Å². The first kappa shape index (κ1) is 13.8. The number of anilines is 1. The molecular weight excluding hydrogens is 263 g/mol. The Hall–Kier alpha value is -2.63. The number of nitrogens with one attached hydrogen (secondary N) is 1. The molecule has 1 aromatic heterocycles.